The molecule has 0 aromatic heterocycles. The average Bonchev–Trinajstić information content (AvgIpc) is 2.44. The molecule has 0 aliphatic heterocycles. The number of carbonyl (C=O) groups is 1. The van der Waals surface area contributed by atoms with Crippen LogP contribution in [0, 0.1) is 0 Å². The van der Waals surface area contributed by atoms with Gasteiger partial charge < -0.3 is 10.2 Å². The summed E-state index contributed by atoms with van der Waals surface area (Å²) in [7, 11) is 0. The summed E-state index contributed by atoms with van der Waals surface area (Å²) >= 11 is 0. The predicted molar refractivity (Wildman–Crippen MR) is 74.4 cm³/mol. The van der Waals surface area contributed by atoms with Crippen molar-refractivity contribution in [3.63, 3.8) is 0 Å². The van der Waals surface area contributed by atoms with E-state index in [4.69, 9.17) is 0 Å². The summed E-state index contributed by atoms with van der Waals surface area (Å²) in [4.78, 5) is 11.9. The molecule has 1 aromatic carbocycles. The second-order valence-electron chi connectivity index (χ2n) is 4.90. The molecule has 0 radical (unpaired) electrons. The first-order valence-corrected chi connectivity index (χ1v) is 6.64. The average molecular weight is 265 g/mol. The summed E-state index contributed by atoms with van der Waals surface area (Å²) in [5.74, 6) is -0.361. The molecule has 0 aliphatic rings. The summed E-state index contributed by atoms with van der Waals surface area (Å²) in [6.07, 6.45) is 0.349. The third-order valence-corrected chi connectivity index (χ3v) is 3.58. The van der Waals surface area contributed by atoms with E-state index in [0.717, 1.165) is 5.56 Å². The van der Waals surface area contributed by atoms with Gasteiger partial charge in [-0.3, -0.25) is 10.1 Å². The fraction of sp³-hybridized carbons (Fsp3) is 0.533. The van der Waals surface area contributed by atoms with Gasteiger partial charge in [0.1, 0.15) is 5.72 Å². The van der Waals surface area contributed by atoms with Gasteiger partial charge in [-0.15, -0.1) is 0 Å². The first kappa shape index (κ1) is 15.8. The molecule has 0 heterocycles. The van der Waals surface area contributed by atoms with E-state index < -0.39 is 11.3 Å². The third-order valence-electron chi connectivity index (χ3n) is 3.58. The first-order valence-electron chi connectivity index (χ1n) is 6.64. The Hall–Kier alpha value is -1.23. The van der Waals surface area contributed by atoms with E-state index in [-0.39, 0.29) is 18.6 Å². The van der Waals surface area contributed by atoms with Crippen LogP contribution in [0.2, 0.25) is 0 Å². The van der Waals surface area contributed by atoms with Crippen molar-refractivity contribution < 1.29 is 15.0 Å². The number of ketones is 1. The van der Waals surface area contributed by atoms with E-state index in [1.807, 2.05) is 30.3 Å². The summed E-state index contributed by atoms with van der Waals surface area (Å²) < 4.78 is 0. The van der Waals surface area contributed by atoms with Crippen LogP contribution >= 0.6 is 0 Å². The van der Waals surface area contributed by atoms with E-state index in [9.17, 15) is 15.0 Å². The fourth-order valence-corrected chi connectivity index (χ4v) is 2.12. The summed E-state index contributed by atoms with van der Waals surface area (Å²) in [6, 6.07) is 9.53. The van der Waals surface area contributed by atoms with Crippen molar-refractivity contribution in [3.05, 3.63) is 35.9 Å². The predicted octanol–water partition coefficient (Wildman–Crippen LogP) is 1.60. The van der Waals surface area contributed by atoms with Gasteiger partial charge in [0.2, 0.25) is 0 Å². The molecule has 0 saturated carbocycles. The molecule has 0 saturated heterocycles. The Morgan fingerprint density at radius 1 is 1.21 bits per heavy atom. The molecule has 2 atom stereocenters. The standard InChI is InChI=1S/C15H23NO3/c1-4-13(17)15(19,5-2)14(3,18)16-11-12-9-7-6-8-10-12/h6-10,16,18-19H,4-5,11H2,1-3H3/t14-,15-/m0/s1. The molecule has 19 heavy (non-hydrogen) atoms. The number of hydrogen-bond acceptors (Lipinski definition) is 4. The molecular formula is C15H23NO3. The van der Waals surface area contributed by atoms with Gasteiger partial charge in [0.05, 0.1) is 0 Å². The first-order chi connectivity index (χ1) is 8.87. The SMILES string of the molecule is CCC(=O)[C@@](O)(CC)[C@](C)(O)NCc1ccccc1. The van der Waals surface area contributed by atoms with Crippen LogP contribution in [-0.4, -0.2) is 27.3 Å². The lowest BCUT2D eigenvalue weighted by atomic mass is 9.83. The number of aliphatic hydroxyl groups is 2. The van der Waals surface area contributed by atoms with Gasteiger partial charge in [0, 0.05) is 13.0 Å². The van der Waals surface area contributed by atoms with Crippen LogP contribution in [0.25, 0.3) is 0 Å². The summed E-state index contributed by atoms with van der Waals surface area (Å²) in [6.45, 7) is 5.18. The van der Waals surface area contributed by atoms with Crippen LogP contribution < -0.4 is 5.32 Å². The molecule has 0 aliphatic carbocycles. The summed E-state index contributed by atoms with van der Waals surface area (Å²) in [5.41, 5.74) is -2.45. The Morgan fingerprint density at radius 2 is 1.79 bits per heavy atom. The quantitative estimate of drug-likeness (QED) is 0.655. The third kappa shape index (κ3) is 3.41. The minimum atomic E-state index is -1.77. The molecule has 0 unspecified atom stereocenters. The molecule has 4 heteroatoms. The van der Waals surface area contributed by atoms with Crippen molar-refractivity contribution in [1.29, 1.82) is 0 Å². The monoisotopic (exact) mass is 265 g/mol. The van der Waals surface area contributed by atoms with Gasteiger partial charge in [-0.05, 0) is 18.9 Å². The largest absolute Gasteiger partial charge is 0.378 e. The Bertz CT molecular complexity index is 417. The number of Topliss-reactive ketones (excluding diaryl/α,β-unsaturated/α-hetero) is 1. The van der Waals surface area contributed by atoms with Crippen LogP contribution in [0.1, 0.15) is 39.2 Å². The number of benzene rings is 1. The molecule has 1 aromatic rings. The van der Waals surface area contributed by atoms with E-state index in [2.05, 4.69) is 5.32 Å². The number of rotatable bonds is 7. The maximum Gasteiger partial charge on any atom is 0.168 e. The second kappa shape index (κ2) is 6.28. The molecular weight excluding hydrogens is 242 g/mol. The van der Waals surface area contributed by atoms with Crippen molar-refractivity contribution in [1.82, 2.24) is 5.32 Å². The highest BCUT2D eigenvalue weighted by Gasteiger charge is 2.49. The Balaban J connectivity index is 2.81. The van der Waals surface area contributed by atoms with Gasteiger partial charge in [-0.25, -0.2) is 0 Å². The lowest BCUT2D eigenvalue weighted by Gasteiger charge is -2.40. The number of nitrogens with one attached hydrogen (secondary N) is 1. The highest BCUT2D eigenvalue weighted by molar-refractivity contribution is 5.88. The normalized spacial score (nSPS) is 17.5. The molecule has 0 amide bonds. The van der Waals surface area contributed by atoms with Crippen LogP contribution in [0.4, 0.5) is 0 Å². The molecule has 3 N–H and O–H groups in total. The maximum absolute atomic E-state index is 11.9. The molecule has 106 valence electrons. The van der Waals surface area contributed by atoms with E-state index >= 15 is 0 Å². The van der Waals surface area contributed by atoms with Crippen LogP contribution in [-0.2, 0) is 11.3 Å². The van der Waals surface area contributed by atoms with Crippen LogP contribution in [0.3, 0.4) is 0 Å². The minimum Gasteiger partial charge on any atom is -0.378 e. The Labute approximate surface area is 114 Å². The van der Waals surface area contributed by atoms with E-state index in [1.165, 1.54) is 6.92 Å². The second-order valence-corrected chi connectivity index (χ2v) is 4.90. The molecule has 0 fully saturated rings. The lowest BCUT2D eigenvalue weighted by molar-refractivity contribution is -0.179. The Kier molecular flexibility index (Phi) is 5.23. The molecule has 4 nitrogen and oxygen atoms in total. The van der Waals surface area contributed by atoms with Crippen LogP contribution in [0.5, 0.6) is 0 Å². The van der Waals surface area contributed by atoms with Crippen molar-refractivity contribution >= 4 is 5.78 Å². The molecule has 0 bridgehead atoms. The van der Waals surface area contributed by atoms with Gasteiger partial charge >= 0.3 is 0 Å². The summed E-state index contributed by atoms with van der Waals surface area (Å²) in [5, 5.41) is 23.7. The zero-order chi connectivity index (χ0) is 14.5. The van der Waals surface area contributed by atoms with E-state index in [1.54, 1.807) is 13.8 Å². The minimum absolute atomic E-state index is 0.161. The van der Waals surface area contributed by atoms with E-state index in [0.29, 0.717) is 6.54 Å². The highest BCUT2D eigenvalue weighted by atomic mass is 16.4. The van der Waals surface area contributed by atoms with Gasteiger partial charge in [0.25, 0.3) is 0 Å². The maximum atomic E-state index is 11.9. The zero-order valence-corrected chi connectivity index (χ0v) is 11.8. The number of hydrogen-bond donors (Lipinski definition) is 3. The number of carbonyl (C=O) groups excluding carboxylic acids is 1. The molecule has 1 rings (SSSR count). The van der Waals surface area contributed by atoms with Crippen molar-refractivity contribution in [2.75, 3.05) is 0 Å². The van der Waals surface area contributed by atoms with Gasteiger partial charge in [-0.1, -0.05) is 44.2 Å². The highest BCUT2D eigenvalue weighted by Crippen LogP contribution is 2.26. The topological polar surface area (TPSA) is 69.6 Å². The fourth-order valence-electron chi connectivity index (χ4n) is 2.12. The smallest absolute Gasteiger partial charge is 0.168 e. The van der Waals surface area contributed by atoms with Gasteiger partial charge in [-0.2, -0.15) is 0 Å². The van der Waals surface area contributed by atoms with Crippen molar-refractivity contribution in [2.45, 2.75) is 51.5 Å². The van der Waals surface area contributed by atoms with Crippen molar-refractivity contribution in [3.8, 4) is 0 Å². The van der Waals surface area contributed by atoms with Crippen molar-refractivity contribution in [2.24, 2.45) is 0 Å². The molecule has 0 spiro atoms. The van der Waals surface area contributed by atoms with Gasteiger partial charge in [0.15, 0.2) is 11.4 Å². The Morgan fingerprint density at radius 3 is 2.26 bits per heavy atom. The lowest BCUT2D eigenvalue weighted by Crippen LogP contribution is -2.64. The zero-order valence-electron chi connectivity index (χ0n) is 11.8. The van der Waals surface area contributed by atoms with Crippen LogP contribution in [0.15, 0.2) is 30.3 Å².